The van der Waals surface area contributed by atoms with Crippen LogP contribution in [-0.2, 0) is 16.1 Å². The molecule has 20 heavy (non-hydrogen) atoms. The van der Waals surface area contributed by atoms with Crippen LogP contribution in [0.25, 0.3) is 0 Å². The second-order valence-electron chi connectivity index (χ2n) is 4.71. The first-order valence-electron chi connectivity index (χ1n) is 6.88. The Morgan fingerprint density at radius 2 is 2.05 bits per heavy atom. The van der Waals surface area contributed by atoms with Crippen LogP contribution in [0, 0.1) is 0 Å². The number of nitrogens with one attached hydrogen (secondary N) is 1. The molecule has 7 nitrogen and oxygen atoms in total. The fourth-order valence-corrected chi connectivity index (χ4v) is 1.81. The van der Waals surface area contributed by atoms with Crippen molar-refractivity contribution in [1.29, 1.82) is 0 Å². The van der Waals surface area contributed by atoms with Gasteiger partial charge in [0.2, 0.25) is 5.91 Å². The second-order valence-corrected chi connectivity index (χ2v) is 4.71. The van der Waals surface area contributed by atoms with Crippen molar-refractivity contribution in [2.24, 2.45) is 0 Å². The van der Waals surface area contributed by atoms with Crippen LogP contribution in [-0.4, -0.2) is 40.0 Å². The van der Waals surface area contributed by atoms with E-state index in [2.05, 4.69) is 15.6 Å². The van der Waals surface area contributed by atoms with E-state index in [1.165, 1.54) is 4.68 Å². The smallest absolute Gasteiger partial charge is 0.360 e. The fourth-order valence-electron chi connectivity index (χ4n) is 1.81. The van der Waals surface area contributed by atoms with E-state index in [-0.39, 0.29) is 30.7 Å². The largest absolute Gasteiger partial charge is 0.461 e. The SMILES string of the molecule is CCCNC(=O)Cn1nnc(C(=O)OCC)c1C(C)C. The lowest BCUT2D eigenvalue weighted by molar-refractivity contribution is -0.121. The summed E-state index contributed by atoms with van der Waals surface area (Å²) in [6.07, 6.45) is 0.869. The summed E-state index contributed by atoms with van der Waals surface area (Å²) < 4.78 is 6.41. The molecule has 0 bridgehead atoms. The number of ether oxygens (including phenoxy) is 1. The first-order valence-corrected chi connectivity index (χ1v) is 6.88. The van der Waals surface area contributed by atoms with Gasteiger partial charge in [-0.25, -0.2) is 9.48 Å². The van der Waals surface area contributed by atoms with Crippen molar-refractivity contribution in [3.05, 3.63) is 11.4 Å². The average molecular weight is 282 g/mol. The molecular formula is C13H22N4O3. The highest BCUT2D eigenvalue weighted by Crippen LogP contribution is 2.18. The van der Waals surface area contributed by atoms with Gasteiger partial charge >= 0.3 is 5.97 Å². The van der Waals surface area contributed by atoms with Gasteiger partial charge in [0.05, 0.1) is 12.3 Å². The number of rotatable bonds is 7. The van der Waals surface area contributed by atoms with Gasteiger partial charge < -0.3 is 10.1 Å². The van der Waals surface area contributed by atoms with Crippen LogP contribution in [0.5, 0.6) is 0 Å². The summed E-state index contributed by atoms with van der Waals surface area (Å²) in [7, 11) is 0. The molecule has 0 aliphatic carbocycles. The number of hydrogen-bond donors (Lipinski definition) is 1. The van der Waals surface area contributed by atoms with Crippen LogP contribution < -0.4 is 5.32 Å². The lowest BCUT2D eigenvalue weighted by atomic mass is 10.1. The number of amides is 1. The number of aromatic nitrogens is 3. The number of carbonyl (C=O) groups excluding carboxylic acids is 2. The third-order valence-corrected chi connectivity index (χ3v) is 2.65. The minimum atomic E-state index is -0.503. The Balaban J connectivity index is 2.92. The summed E-state index contributed by atoms with van der Waals surface area (Å²) >= 11 is 0. The van der Waals surface area contributed by atoms with Crippen LogP contribution in [0.4, 0.5) is 0 Å². The van der Waals surface area contributed by atoms with Crippen LogP contribution in [0.15, 0.2) is 0 Å². The molecule has 1 aromatic rings. The fraction of sp³-hybridized carbons (Fsp3) is 0.692. The van der Waals surface area contributed by atoms with Crippen molar-refractivity contribution in [1.82, 2.24) is 20.3 Å². The molecule has 0 fully saturated rings. The molecular weight excluding hydrogens is 260 g/mol. The van der Waals surface area contributed by atoms with Crippen LogP contribution in [0.1, 0.15) is 56.2 Å². The number of hydrogen-bond acceptors (Lipinski definition) is 5. The van der Waals surface area contributed by atoms with Gasteiger partial charge in [-0.15, -0.1) is 5.10 Å². The number of nitrogens with zero attached hydrogens (tertiary/aromatic N) is 3. The number of carbonyl (C=O) groups is 2. The number of esters is 1. The van der Waals surface area contributed by atoms with Gasteiger partial charge in [-0.1, -0.05) is 26.0 Å². The zero-order valence-electron chi connectivity index (χ0n) is 12.5. The van der Waals surface area contributed by atoms with Crippen molar-refractivity contribution >= 4 is 11.9 Å². The van der Waals surface area contributed by atoms with E-state index in [1.54, 1.807) is 6.92 Å². The Morgan fingerprint density at radius 1 is 1.35 bits per heavy atom. The molecule has 0 aliphatic heterocycles. The van der Waals surface area contributed by atoms with Crippen LogP contribution >= 0.6 is 0 Å². The summed E-state index contributed by atoms with van der Waals surface area (Å²) in [5.74, 6) is -0.631. The Hall–Kier alpha value is -1.92. The maximum Gasteiger partial charge on any atom is 0.360 e. The third kappa shape index (κ3) is 4.04. The van der Waals surface area contributed by atoms with Gasteiger partial charge in [-0.2, -0.15) is 0 Å². The van der Waals surface area contributed by atoms with Gasteiger partial charge in [0.1, 0.15) is 6.54 Å². The second kappa shape index (κ2) is 7.62. The van der Waals surface area contributed by atoms with Gasteiger partial charge in [0.15, 0.2) is 5.69 Å². The quantitative estimate of drug-likeness (QED) is 0.757. The topological polar surface area (TPSA) is 86.1 Å². The average Bonchev–Trinajstić information content (AvgIpc) is 2.80. The Kier molecular flexibility index (Phi) is 6.14. The van der Waals surface area contributed by atoms with Crippen molar-refractivity contribution < 1.29 is 14.3 Å². The Bertz CT molecular complexity index is 468. The summed E-state index contributed by atoms with van der Waals surface area (Å²) in [5, 5.41) is 10.5. The van der Waals surface area contributed by atoms with Gasteiger partial charge in [0.25, 0.3) is 0 Å². The summed E-state index contributed by atoms with van der Waals surface area (Å²) in [5.41, 5.74) is 0.806. The predicted octanol–water partition coefficient (Wildman–Crippen LogP) is 1.10. The molecule has 0 saturated carbocycles. The molecule has 0 aliphatic rings. The molecule has 1 heterocycles. The Morgan fingerprint density at radius 3 is 2.60 bits per heavy atom. The monoisotopic (exact) mass is 282 g/mol. The highest BCUT2D eigenvalue weighted by Gasteiger charge is 2.23. The van der Waals surface area contributed by atoms with E-state index in [0.29, 0.717) is 12.2 Å². The lowest BCUT2D eigenvalue weighted by Gasteiger charge is -2.10. The molecule has 7 heteroatoms. The Labute approximate surface area is 118 Å². The van der Waals surface area contributed by atoms with Crippen molar-refractivity contribution in [2.45, 2.75) is 46.6 Å². The molecule has 0 aromatic carbocycles. The highest BCUT2D eigenvalue weighted by molar-refractivity contribution is 5.88. The van der Waals surface area contributed by atoms with Gasteiger partial charge in [-0.3, -0.25) is 4.79 Å². The minimum Gasteiger partial charge on any atom is -0.461 e. The van der Waals surface area contributed by atoms with Gasteiger partial charge in [-0.05, 0) is 19.3 Å². The van der Waals surface area contributed by atoms with E-state index < -0.39 is 5.97 Å². The van der Waals surface area contributed by atoms with E-state index in [4.69, 9.17) is 4.74 Å². The van der Waals surface area contributed by atoms with Crippen LogP contribution in [0.2, 0.25) is 0 Å². The van der Waals surface area contributed by atoms with Crippen molar-refractivity contribution in [3.63, 3.8) is 0 Å². The molecule has 112 valence electrons. The molecule has 0 atom stereocenters. The molecule has 0 spiro atoms. The molecule has 0 saturated heterocycles. The highest BCUT2D eigenvalue weighted by atomic mass is 16.5. The molecule has 0 radical (unpaired) electrons. The maximum absolute atomic E-state index is 11.8. The predicted molar refractivity (Wildman–Crippen MR) is 73.4 cm³/mol. The molecule has 0 unspecified atom stereocenters. The van der Waals surface area contributed by atoms with E-state index in [1.807, 2.05) is 20.8 Å². The normalized spacial score (nSPS) is 10.7. The third-order valence-electron chi connectivity index (χ3n) is 2.65. The zero-order valence-corrected chi connectivity index (χ0v) is 12.5. The summed E-state index contributed by atoms with van der Waals surface area (Å²) in [6, 6.07) is 0. The molecule has 1 N–H and O–H groups in total. The van der Waals surface area contributed by atoms with E-state index in [9.17, 15) is 9.59 Å². The molecule has 1 amide bonds. The van der Waals surface area contributed by atoms with Gasteiger partial charge in [0, 0.05) is 6.54 Å². The van der Waals surface area contributed by atoms with E-state index in [0.717, 1.165) is 6.42 Å². The van der Waals surface area contributed by atoms with Crippen molar-refractivity contribution in [3.8, 4) is 0 Å². The van der Waals surface area contributed by atoms with Crippen molar-refractivity contribution in [2.75, 3.05) is 13.2 Å². The molecule has 1 aromatic heterocycles. The maximum atomic E-state index is 11.8. The molecule has 1 rings (SSSR count). The lowest BCUT2D eigenvalue weighted by Crippen LogP contribution is -2.29. The first kappa shape index (κ1) is 16.1. The first-order chi connectivity index (χ1) is 9.51. The summed E-state index contributed by atoms with van der Waals surface area (Å²) in [6.45, 7) is 8.50. The zero-order chi connectivity index (χ0) is 15.1. The minimum absolute atomic E-state index is 0.0170. The standard InChI is InChI=1S/C13H22N4O3/c1-5-7-14-10(18)8-17-12(9(3)4)11(15-16-17)13(19)20-6-2/h9H,5-8H2,1-4H3,(H,14,18). The van der Waals surface area contributed by atoms with E-state index >= 15 is 0 Å². The summed E-state index contributed by atoms with van der Waals surface area (Å²) in [4.78, 5) is 23.5. The van der Waals surface area contributed by atoms with Crippen LogP contribution in [0.3, 0.4) is 0 Å².